The summed E-state index contributed by atoms with van der Waals surface area (Å²) >= 11 is 0. The highest BCUT2D eigenvalue weighted by atomic mass is 16.5. The number of urea groups is 1. The predicted molar refractivity (Wildman–Crippen MR) is 105 cm³/mol. The summed E-state index contributed by atoms with van der Waals surface area (Å²) in [5.74, 6) is 0.382. The normalized spacial score (nSPS) is 20.9. The van der Waals surface area contributed by atoms with Crippen LogP contribution in [0.1, 0.15) is 6.42 Å². The SMILES string of the molecule is COc1cccc(N2C(=O)NC3CCN(C(=O)COc4ccccc4)C3C2=O)c1. The van der Waals surface area contributed by atoms with Crippen LogP contribution in [0.25, 0.3) is 0 Å². The Balaban J connectivity index is 1.52. The first kappa shape index (κ1) is 18.8. The van der Waals surface area contributed by atoms with Crippen LogP contribution in [0, 0.1) is 0 Å². The van der Waals surface area contributed by atoms with Gasteiger partial charge < -0.3 is 19.7 Å². The molecule has 8 heteroatoms. The maximum absolute atomic E-state index is 13.2. The van der Waals surface area contributed by atoms with Crippen molar-refractivity contribution in [3.05, 3.63) is 54.6 Å². The average Bonchev–Trinajstić information content (AvgIpc) is 3.17. The maximum Gasteiger partial charge on any atom is 0.329 e. The molecule has 2 fully saturated rings. The summed E-state index contributed by atoms with van der Waals surface area (Å²) in [6, 6.07) is 14.0. The van der Waals surface area contributed by atoms with Gasteiger partial charge in [-0.2, -0.15) is 0 Å². The fraction of sp³-hybridized carbons (Fsp3) is 0.286. The second kappa shape index (κ2) is 7.83. The number of fused-ring (bicyclic) bond motifs is 1. The first-order chi connectivity index (χ1) is 14.1. The Morgan fingerprint density at radius 1 is 1.10 bits per heavy atom. The van der Waals surface area contributed by atoms with Gasteiger partial charge in [-0.05, 0) is 30.7 Å². The third-order valence-corrected chi connectivity index (χ3v) is 5.12. The number of benzene rings is 2. The highest BCUT2D eigenvalue weighted by molar-refractivity contribution is 6.19. The number of carbonyl (C=O) groups is 3. The molecule has 2 aliphatic rings. The fourth-order valence-electron chi connectivity index (χ4n) is 3.72. The van der Waals surface area contributed by atoms with Crippen LogP contribution in [0.4, 0.5) is 10.5 Å². The summed E-state index contributed by atoms with van der Waals surface area (Å²) < 4.78 is 10.7. The molecule has 8 nitrogen and oxygen atoms in total. The van der Waals surface area contributed by atoms with Crippen molar-refractivity contribution >= 4 is 23.5 Å². The number of para-hydroxylation sites is 1. The lowest BCUT2D eigenvalue weighted by Crippen LogP contribution is -2.65. The van der Waals surface area contributed by atoms with Crippen LogP contribution in [0.2, 0.25) is 0 Å². The quantitative estimate of drug-likeness (QED) is 0.834. The Hall–Kier alpha value is -3.55. The first-order valence-electron chi connectivity index (χ1n) is 9.34. The minimum atomic E-state index is -0.759. The zero-order valence-corrected chi connectivity index (χ0v) is 15.9. The van der Waals surface area contributed by atoms with Crippen LogP contribution in [-0.2, 0) is 9.59 Å². The third kappa shape index (κ3) is 3.61. The van der Waals surface area contributed by atoms with E-state index < -0.39 is 24.0 Å². The monoisotopic (exact) mass is 395 g/mol. The topological polar surface area (TPSA) is 88.2 Å². The van der Waals surface area contributed by atoms with Crippen molar-refractivity contribution < 1.29 is 23.9 Å². The average molecular weight is 395 g/mol. The van der Waals surface area contributed by atoms with E-state index in [2.05, 4.69) is 5.32 Å². The Bertz CT molecular complexity index is 933. The van der Waals surface area contributed by atoms with Gasteiger partial charge in [-0.1, -0.05) is 24.3 Å². The van der Waals surface area contributed by atoms with Crippen LogP contribution in [0.15, 0.2) is 54.6 Å². The van der Waals surface area contributed by atoms with Crippen LogP contribution < -0.4 is 19.7 Å². The van der Waals surface area contributed by atoms with Crippen molar-refractivity contribution in [2.24, 2.45) is 0 Å². The van der Waals surface area contributed by atoms with E-state index in [9.17, 15) is 14.4 Å². The van der Waals surface area contributed by atoms with Crippen LogP contribution in [0.3, 0.4) is 0 Å². The van der Waals surface area contributed by atoms with E-state index >= 15 is 0 Å². The summed E-state index contributed by atoms with van der Waals surface area (Å²) in [5, 5.41) is 2.84. The van der Waals surface area contributed by atoms with E-state index in [-0.39, 0.29) is 12.5 Å². The standard InChI is InChI=1S/C21H21N3O5/c1-28-16-9-5-6-14(12-16)24-20(26)19-17(22-21(24)27)10-11-23(19)18(25)13-29-15-7-3-2-4-8-15/h2-9,12,17,19H,10-11,13H2,1H3,(H,22,27). The molecule has 2 heterocycles. The van der Waals surface area contributed by atoms with E-state index in [1.807, 2.05) is 18.2 Å². The van der Waals surface area contributed by atoms with Crippen LogP contribution >= 0.6 is 0 Å². The van der Waals surface area contributed by atoms with Crippen molar-refractivity contribution in [1.29, 1.82) is 0 Å². The van der Waals surface area contributed by atoms with Gasteiger partial charge in [0.2, 0.25) is 0 Å². The van der Waals surface area contributed by atoms with Crippen molar-refractivity contribution in [2.45, 2.75) is 18.5 Å². The summed E-state index contributed by atoms with van der Waals surface area (Å²) in [4.78, 5) is 41.0. The molecule has 2 saturated heterocycles. The summed E-state index contributed by atoms with van der Waals surface area (Å²) in [6.45, 7) is 0.206. The summed E-state index contributed by atoms with van der Waals surface area (Å²) in [7, 11) is 1.51. The zero-order chi connectivity index (χ0) is 20.4. The number of rotatable bonds is 5. The van der Waals surface area contributed by atoms with Gasteiger partial charge in [0.1, 0.15) is 17.5 Å². The molecule has 150 valence electrons. The molecule has 0 saturated carbocycles. The number of imide groups is 1. The number of nitrogens with one attached hydrogen (secondary N) is 1. The van der Waals surface area contributed by atoms with Crippen molar-refractivity contribution in [1.82, 2.24) is 10.2 Å². The minimum absolute atomic E-state index is 0.173. The molecule has 4 amide bonds. The number of ether oxygens (including phenoxy) is 2. The van der Waals surface area contributed by atoms with Crippen LogP contribution in [-0.4, -0.2) is 55.1 Å². The van der Waals surface area contributed by atoms with Gasteiger partial charge in [0, 0.05) is 12.6 Å². The van der Waals surface area contributed by atoms with Gasteiger partial charge in [-0.25, -0.2) is 9.69 Å². The van der Waals surface area contributed by atoms with Crippen molar-refractivity contribution in [3.8, 4) is 11.5 Å². The summed E-state index contributed by atoms with van der Waals surface area (Å²) in [5.41, 5.74) is 0.394. The number of nitrogens with zero attached hydrogens (tertiary/aromatic N) is 2. The molecule has 2 aromatic rings. The number of amides is 4. The predicted octanol–water partition coefficient (Wildman–Crippen LogP) is 1.80. The molecule has 0 radical (unpaired) electrons. The van der Waals surface area contributed by atoms with Gasteiger partial charge in [-0.15, -0.1) is 0 Å². The molecular weight excluding hydrogens is 374 g/mol. The zero-order valence-electron chi connectivity index (χ0n) is 15.9. The maximum atomic E-state index is 13.2. The molecule has 0 aliphatic carbocycles. The van der Waals surface area contributed by atoms with E-state index in [4.69, 9.17) is 9.47 Å². The molecular formula is C21H21N3O5. The molecule has 0 aromatic heterocycles. The number of likely N-dealkylation sites (tertiary alicyclic amines) is 1. The number of hydrogen-bond acceptors (Lipinski definition) is 5. The molecule has 0 spiro atoms. The lowest BCUT2D eigenvalue weighted by molar-refractivity contribution is -0.139. The number of carbonyl (C=O) groups excluding carboxylic acids is 3. The van der Waals surface area contributed by atoms with Crippen LogP contribution in [0.5, 0.6) is 11.5 Å². The molecule has 4 rings (SSSR count). The lowest BCUT2D eigenvalue weighted by atomic mass is 10.0. The molecule has 1 N–H and O–H groups in total. The fourth-order valence-corrected chi connectivity index (χ4v) is 3.72. The lowest BCUT2D eigenvalue weighted by Gasteiger charge is -2.36. The van der Waals surface area contributed by atoms with E-state index in [0.717, 1.165) is 4.90 Å². The Morgan fingerprint density at radius 2 is 1.86 bits per heavy atom. The Kier molecular flexibility index (Phi) is 5.07. The van der Waals surface area contributed by atoms with Crippen molar-refractivity contribution in [3.63, 3.8) is 0 Å². The van der Waals surface area contributed by atoms with Gasteiger partial charge in [-0.3, -0.25) is 9.59 Å². The highest BCUT2D eigenvalue weighted by Crippen LogP contribution is 2.29. The molecule has 0 bridgehead atoms. The smallest absolute Gasteiger partial charge is 0.329 e. The molecule has 2 aromatic carbocycles. The number of hydrogen-bond donors (Lipinski definition) is 1. The third-order valence-electron chi connectivity index (χ3n) is 5.12. The molecule has 2 aliphatic heterocycles. The summed E-state index contributed by atoms with van der Waals surface area (Å²) in [6.07, 6.45) is 0.519. The molecule has 2 unspecified atom stereocenters. The minimum Gasteiger partial charge on any atom is -0.497 e. The highest BCUT2D eigenvalue weighted by Gasteiger charge is 2.49. The first-order valence-corrected chi connectivity index (χ1v) is 9.34. The second-order valence-electron chi connectivity index (χ2n) is 6.85. The van der Waals surface area contributed by atoms with E-state index in [1.54, 1.807) is 36.4 Å². The number of methoxy groups -OCH3 is 1. The van der Waals surface area contributed by atoms with Gasteiger partial charge in [0.25, 0.3) is 11.8 Å². The largest absolute Gasteiger partial charge is 0.497 e. The second-order valence-corrected chi connectivity index (χ2v) is 6.85. The Morgan fingerprint density at radius 3 is 2.62 bits per heavy atom. The van der Waals surface area contributed by atoms with Crippen molar-refractivity contribution in [2.75, 3.05) is 25.2 Å². The van der Waals surface area contributed by atoms with E-state index in [0.29, 0.717) is 30.2 Å². The number of anilines is 1. The molecule has 2 atom stereocenters. The van der Waals surface area contributed by atoms with E-state index in [1.165, 1.54) is 12.0 Å². The van der Waals surface area contributed by atoms with Gasteiger partial charge in [0.05, 0.1) is 18.8 Å². The Labute approximate surface area is 168 Å². The van der Waals surface area contributed by atoms with Gasteiger partial charge >= 0.3 is 6.03 Å². The molecule has 29 heavy (non-hydrogen) atoms. The van der Waals surface area contributed by atoms with Gasteiger partial charge in [0.15, 0.2) is 6.61 Å².